The fourth-order valence-corrected chi connectivity index (χ4v) is 1.66. The van der Waals surface area contributed by atoms with Crippen molar-refractivity contribution in [3.05, 3.63) is 35.4 Å². The number of carbonyl (C=O) groups is 1. The van der Waals surface area contributed by atoms with Crippen LogP contribution in [0.3, 0.4) is 0 Å². The zero-order valence-corrected chi connectivity index (χ0v) is 10.5. The molecule has 0 heterocycles. The molecule has 1 unspecified atom stereocenters. The number of hydrogen-bond donors (Lipinski definition) is 0. The lowest BCUT2D eigenvalue weighted by Gasteiger charge is -2.26. The second-order valence-electron chi connectivity index (χ2n) is 4.21. The SMILES string of the molecule is CCOC(C)(CC)C(=O)c1ccc(C)cc1. The van der Waals surface area contributed by atoms with Crippen LogP contribution in [-0.4, -0.2) is 18.0 Å². The molecule has 0 fully saturated rings. The Morgan fingerprint density at radius 1 is 1.25 bits per heavy atom. The molecule has 0 saturated carbocycles. The Balaban J connectivity index is 2.95. The van der Waals surface area contributed by atoms with Gasteiger partial charge in [0.1, 0.15) is 5.60 Å². The molecule has 1 atom stereocenters. The van der Waals surface area contributed by atoms with E-state index >= 15 is 0 Å². The number of ketones is 1. The molecule has 0 saturated heterocycles. The molecule has 1 rings (SSSR count). The van der Waals surface area contributed by atoms with Crippen molar-refractivity contribution in [1.29, 1.82) is 0 Å². The number of rotatable bonds is 5. The quantitative estimate of drug-likeness (QED) is 0.711. The Morgan fingerprint density at radius 2 is 1.81 bits per heavy atom. The lowest BCUT2D eigenvalue weighted by Crippen LogP contribution is -2.37. The highest BCUT2D eigenvalue weighted by atomic mass is 16.5. The summed E-state index contributed by atoms with van der Waals surface area (Å²) in [7, 11) is 0. The first-order valence-corrected chi connectivity index (χ1v) is 5.79. The number of ether oxygens (including phenoxy) is 1. The normalized spacial score (nSPS) is 14.5. The number of carbonyl (C=O) groups excluding carboxylic acids is 1. The highest BCUT2D eigenvalue weighted by Crippen LogP contribution is 2.21. The van der Waals surface area contributed by atoms with Crippen molar-refractivity contribution >= 4 is 5.78 Å². The summed E-state index contributed by atoms with van der Waals surface area (Å²) in [5.41, 5.74) is 1.19. The van der Waals surface area contributed by atoms with E-state index in [-0.39, 0.29) is 5.78 Å². The summed E-state index contributed by atoms with van der Waals surface area (Å²) in [6.07, 6.45) is 0.688. The van der Waals surface area contributed by atoms with Crippen molar-refractivity contribution in [2.24, 2.45) is 0 Å². The molecule has 1 aromatic carbocycles. The highest BCUT2D eigenvalue weighted by Gasteiger charge is 2.32. The van der Waals surface area contributed by atoms with Crippen LogP contribution in [0.5, 0.6) is 0 Å². The standard InChI is InChI=1S/C14H20O2/c1-5-14(4,16-6-2)13(15)12-9-7-11(3)8-10-12/h7-10H,5-6H2,1-4H3. The van der Waals surface area contributed by atoms with E-state index in [1.54, 1.807) is 0 Å². The van der Waals surface area contributed by atoms with Crippen LogP contribution in [0.4, 0.5) is 0 Å². The van der Waals surface area contributed by atoms with Gasteiger partial charge in [-0.15, -0.1) is 0 Å². The van der Waals surface area contributed by atoms with Crippen LogP contribution in [-0.2, 0) is 4.74 Å². The molecule has 0 aromatic heterocycles. The van der Waals surface area contributed by atoms with Crippen LogP contribution in [0, 0.1) is 6.92 Å². The van der Waals surface area contributed by atoms with Gasteiger partial charge in [-0.05, 0) is 27.2 Å². The molecule has 0 amide bonds. The lowest BCUT2D eigenvalue weighted by atomic mass is 9.91. The Labute approximate surface area is 97.6 Å². The van der Waals surface area contributed by atoms with Crippen molar-refractivity contribution in [3.8, 4) is 0 Å². The summed E-state index contributed by atoms with van der Waals surface area (Å²) in [5, 5.41) is 0. The number of Topliss-reactive ketones (excluding diaryl/α,β-unsaturated/α-hetero) is 1. The molecule has 0 aliphatic heterocycles. The molecule has 2 heteroatoms. The summed E-state index contributed by atoms with van der Waals surface area (Å²) in [6, 6.07) is 7.64. The maximum absolute atomic E-state index is 12.3. The predicted molar refractivity (Wildman–Crippen MR) is 65.8 cm³/mol. The van der Waals surface area contributed by atoms with E-state index < -0.39 is 5.60 Å². The van der Waals surface area contributed by atoms with E-state index in [4.69, 9.17) is 4.74 Å². The number of benzene rings is 1. The van der Waals surface area contributed by atoms with E-state index in [2.05, 4.69) is 0 Å². The molecular formula is C14H20O2. The number of hydrogen-bond acceptors (Lipinski definition) is 2. The smallest absolute Gasteiger partial charge is 0.194 e. The van der Waals surface area contributed by atoms with Crippen molar-refractivity contribution in [1.82, 2.24) is 0 Å². The van der Waals surface area contributed by atoms with Crippen molar-refractivity contribution in [2.45, 2.75) is 39.7 Å². The van der Waals surface area contributed by atoms with E-state index in [9.17, 15) is 4.79 Å². The largest absolute Gasteiger partial charge is 0.367 e. The summed E-state index contributed by atoms with van der Waals surface area (Å²) in [6.45, 7) is 8.31. The van der Waals surface area contributed by atoms with Crippen molar-refractivity contribution < 1.29 is 9.53 Å². The van der Waals surface area contributed by atoms with Crippen LogP contribution in [0.25, 0.3) is 0 Å². The van der Waals surface area contributed by atoms with Gasteiger partial charge in [0.05, 0.1) is 0 Å². The van der Waals surface area contributed by atoms with Gasteiger partial charge in [-0.1, -0.05) is 36.8 Å². The van der Waals surface area contributed by atoms with Crippen molar-refractivity contribution in [2.75, 3.05) is 6.61 Å². The van der Waals surface area contributed by atoms with Gasteiger partial charge in [0, 0.05) is 12.2 Å². The molecular weight excluding hydrogens is 200 g/mol. The van der Waals surface area contributed by atoms with Gasteiger partial charge >= 0.3 is 0 Å². The van der Waals surface area contributed by atoms with E-state index in [0.29, 0.717) is 13.0 Å². The van der Waals surface area contributed by atoms with Crippen molar-refractivity contribution in [3.63, 3.8) is 0 Å². The van der Waals surface area contributed by atoms with Gasteiger partial charge < -0.3 is 4.74 Å². The zero-order chi connectivity index (χ0) is 12.2. The maximum atomic E-state index is 12.3. The van der Waals surface area contributed by atoms with Crippen LogP contribution in [0.1, 0.15) is 43.1 Å². The van der Waals surface area contributed by atoms with Gasteiger partial charge in [0.25, 0.3) is 0 Å². The molecule has 0 aliphatic carbocycles. The molecule has 2 nitrogen and oxygen atoms in total. The molecule has 16 heavy (non-hydrogen) atoms. The summed E-state index contributed by atoms with van der Waals surface area (Å²) >= 11 is 0. The fraction of sp³-hybridized carbons (Fsp3) is 0.500. The molecule has 0 radical (unpaired) electrons. The molecule has 0 N–H and O–H groups in total. The minimum atomic E-state index is -0.690. The first kappa shape index (κ1) is 12.9. The third kappa shape index (κ3) is 2.70. The monoisotopic (exact) mass is 220 g/mol. The maximum Gasteiger partial charge on any atom is 0.194 e. The Hall–Kier alpha value is -1.15. The highest BCUT2D eigenvalue weighted by molar-refractivity contribution is 6.02. The summed E-state index contributed by atoms with van der Waals surface area (Å²) in [4.78, 5) is 12.3. The third-order valence-electron chi connectivity index (χ3n) is 2.93. The molecule has 0 spiro atoms. The summed E-state index contributed by atoms with van der Waals surface area (Å²) < 4.78 is 5.58. The third-order valence-corrected chi connectivity index (χ3v) is 2.93. The topological polar surface area (TPSA) is 26.3 Å². The Kier molecular flexibility index (Phi) is 4.25. The van der Waals surface area contributed by atoms with Gasteiger partial charge in [0.15, 0.2) is 5.78 Å². The second kappa shape index (κ2) is 5.26. The van der Waals surface area contributed by atoms with Crippen LogP contribution in [0.2, 0.25) is 0 Å². The van der Waals surface area contributed by atoms with Crippen LogP contribution >= 0.6 is 0 Å². The fourth-order valence-electron chi connectivity index (χ4n) is 1.66. The Bertz CT molecular complexity index is 354. The average Bonchev–Trinajstić information content (AvgIpc) is 2.29. The van der Waals surface area contributed by atoms with Gasteiger partial charge in [0.2, 0.25) is 0 Å². The van der Waals surface area contributed by atoms with Crippen LogP contribution < -0.4 is 0 Å². The minimum absolute atomic E-state index is 0.0665. The van der Waals surface area contributed by atoms with Crippen LogP contribution in [0.15, 0.2) is 24.3 Å². The molecule has 1 aromatic rings. The lowest BCUT2D eigenvalue weighted by molar-refractivity contribution is -0.0116. The molecule has 88 valence electrons. The average molecular weight is 220 g/mol. The zero-order valence-electron chi connectivity index (χ0n) is 10.5. The van der Waals surface area contributed by atoms with E-state index in [1.807, 2.05) is 52.0 Å². The summed E-state index contributed by atoms with van der Waals surface area (Å²) in [5.74, 6) is 0.0665. The first-order chi connectivity index (χ1) is 7.53. The van der Waals surface area contributed by atoms with Gasteiger partial charge in [-0.2, -0.15) is 0 Å². The van der Waals surface area contributed by atoms with E-state index in [0.717, 1.165) is 11.1 Å². The predicted octanol–water partition coefficient (Wildman–Crippen LogP) is 3.38. The Morgan fingerprint density at radius 3 is 2.25 bits per heavy atom. The second-order valence-corrected chi connectivity index (χ2v) is 4.21. The van der Waals surface area contributed by atoms with Gasteiger partial charge in [-0.3, -0.25) is 4.79 Å². The minimum Gasteiger partial charge on any atom is -0.367 e. The molecule has 0 aliphatic rings. The molecule has 0 bridgehead atoms. The van der Waals surface area contributed by atoms with Gasteiger partial charge in [-0.25, -0.2) is 0 Å². The van der Waals surface area contributed by atoms with E-state index in [1.165, 1.54) is 0 Å². The number of aryl methyl sites for hydroxylation is 1. The first-order valence-electron chi connectivity index (χ1n) is 5.79.